The summed E-state index contributed by atoms with van der Waals surface area (Å²) >= 11 is 0. The average molecular weight is 344 g/mol. The van der Waals surface area contributed by atoms with E-state index in [1.54, 1.807) is 30.3 Å². The van der Waals surface area contributed by atoms with Crippen LogP contribution in [-0.2, 0) is 20.7 Å². The Morgan fingerprint density at radius 3 is 2.54 bits per heavy atom. The molecular weight excluding hydrogens is 328 g/mol. The molecule has 0 fully saturated rings. The average Bonchev–Trinajstić information content (AvgIpc) is 2.56. The first-order chi connectivity index (χ1) is 11.5. The van der Waals surface area contributed by atoms with Crippen molar-refractivity contribution in [1.29, 1.82) is 0 Å². The van der Waals surface area contributed by atoms with Crippen molar-refractivity contribution in [2.45, 2.75) is 18.2 Å². The van der Waals surface area contributed by atoms with E-state index in [1.165, 1.54) is 24.5 Å². The molecule has 0 aliphatic carbocycles. The molecule has 0 saturated carbocycles. The van der Waals surface area contributed by atoms with Gasteiger partial charge in [-0.1, -0.05) is 23.8 Å². The van der Waals surface area contributed by atoms with Gasteiger partial charge in [0.05, 0.1) is 23.2 Å². The third-order valence-corrected chi connectivity index (χ3v) is 4.99. The van der Waals surface area contributed by atoms with Gasteiger partial charge in [0.2, 0.25) is 0 Å². The lowest BCUT2D eigenvalue weighted by atomic mass is 10.1. The first-order valence-corrected chi connectivity index (χ1v) is 8.83. The molecule has 6 heteroatoms. The van der Waals surface area contributed by atoms with Crippen LogP contribution < -0.4 is 5.43 Å². The van der Waals surface area contributed by atoms with Gasteiger partial charge < -0.3 is 4.42 Å². The zero-order valence-electron chi connectivity index (χ0n) is 13.1. The van der Waals surface area contributed by atoms with Crippen LogP contribution >= 0.6 is 0 Å². The Labute approximate surface area is 139 Å². The number of fused-ring (bicyclic) bond motifs is 1. The summed E-state index contributed by atoms with van der Waals surface area (Å²) in [5.41, 5.74) is 2.15. The quantitative estimate of drug-likeness (QED) is 0.665. The van der Waals surface area contributed by atoms with Crippen LogP contribution in [0.5, 0.6) is 0 Å². The molecule has 0 saturated heterocycles. The molecule has 0 bridgehead atoms. The number of rotatable bonds is 5. The first-order valence-electron chi connectivity index (χ1n) is 7.42. The van der Waals surface area contributed by atoms with Gasteiger partial charge in [0.15, 0.2) is 5.43 Å². The fourth-order valence-electron chi connectivity index (χ4n) is 2.33. The summed E-state index contributed by atoms with van der Waals surface area (Å²) < 4.78 is 34.5. The molecule has 3 aromatic rings. The lowest BCUT2D eigenvalue weighted by molar-refractivity contribution is 0.322. The number of aryl methyl sites for hydroxylation is 1. The largest absolute Gasteiger partial charge is 0.464 e. The standard InChI is InChI=1S/C18H16O5S/c1-13-2-5-15(6-3-13)24(20,21)23-11-8-14-4-7-18-16(12-14)17(19)9-10-22-18/h2-7,9-10,12H,8,11H2,1H3. The molecule has 0 spiro atoms. The van der Waals surface area contributed by atoms with Crippen molar-refractivity contribution >= 4 is 21.1 Å². The van der Waals surface area contributed by atoms with Gasteiger partial charge in [-0.25, -0.2) is 0 Å². The molecule has 124 valence electrons. The van der Waals surface area contributed by atoms with Crippen LogP contribution in [0.1, 0.15) is 11.1 Å². The highest BCUT2D eigenvalue weighted by Gasteiger charge is 2.14. The van der Waals surface area contributed by atoms with E-state index in [1.807, 2.05) is 6.92 Å². The molecule has 0 radical (unpaired) electrons. The Bertz CT molecular complexity index is 1020. The minimum Gasteiger partial charge on any atom is -0.464 e. The fourth-order valence-corrected chi connectivity index (χ4v) is 3.24. The van der Waals surface area contributed by atoms with E-state index in [4.69, 9.17) is 8.60 Å². The molecule has 0 amide bonds. The van der Waals surface area contributed by atoms with E-state index in [9.17, 15) is 13.2 Å². The predicted octanol–water partition coefficient (Wildman–Crippen LogP) is 3.05. The minimum absolute atomic E-state index is 0.000116. The summed E-state index contributed by atoms with van der Waals surface area (Å²) in [6.45, 7) is 1.88. The van der Waals surface area contributed by atoms with Gasteiger partial charge >= 0.3 is 0 Å². The summed E-state index contributed by atoms with van der Waals surface area (Å²) in [6, 6.07) is 13.0. The third kappa shape index (κ3) is 3.55. The van der Waals surface area contributed by atoms with Gasteiger partial charge in [-0.05, 0) is 43.2 Å². The van der Waals surface area contributed by atoms with Crippen LogP contribution in [0, 0.1) is 6.92 Å². The molecule has 2 aromatic carbocycles. The van der Waals surface area contributed by atoms with Crippen molar-refractivity contribution in [2.75, 3.05) is 6.61 Å². The van der Waals surface area contributed by atoms with E-state index >= 15 is 0 Å². The first kappa shape index (κ1) is 16.4. The number of benzene rings is 2. The van der Waals surface area contributed by atoms with Gasteiger partial charge in [-0.3, -0.25) is 8.98 Å². The maximum Gasteiger partial charge on any atom is 0.296 e. The highest BCUT2D eigenvalue weighted by atomic mass is 32.2. The van der Waals surface area contributed by atoms with E-state index in [2.05, 4.69) is 0 Å². The number of hydrogen-bond acceptors (Lipinski definition) is 5. The van der Waals surface area contributed by atoms with Crippen molar-refractivity contribution < 1.29 is 17.0 Å². The van der Waals surface area contributed by atoms with Gasteiger partial charge in [0.25, 0.3) is 10.1 Å². The second-order valence-electron chi connectivity index (χ2n) is 5.45. The molecule has 0 atom stereocenters. The zero-order valence-corrected chi connectivity index (χ0v) is 13.9. The van der Waals surface area contributed by atoms with Gasteiger partial charge in [-0.2, -0.15) is 8.42 Å². The molecule has 5 nitrogen and oxygen atoms in total. The van der Waals surface area contributed by atoms with E-state index in [0.29, 0.717) is 17.4 Å². The minimum atomic E-state index is -3.78. The summed E-state index contributed by atoms with van der Waals surface area (Å²) in [6.07, 6.45) is 1.72. The Balaban J connectivity index is 1.71. The van der Waals surface area contributed by atoms with Crippen LogP contribution in [0.15, 0.2) is 68.9 Å². The predicted molar refractivity (Wildman–Crippen MR) is 90.5 cm³/mol. The maximum atomic E-state index is 12.1. The van der Waals surface area contributed by atoms with Crippen molar-refractivity contribution in [2.24, 2.45) is 0 Å². The molecule has 3 rings (SSSR count). The molecule has 0 N–H and O–H groups in total. The normalized spacial score (nSPS) is 11.7. The Morgan fingerprint density at radius 1 is 1.04 bits per heavy atom. The second kappa shape index (κ2) is 6.59. The lowest BCUT2D eigenvalue weighted by Gasteiger charge is -2.06. The number of hydrogen-bond donors (Lipinski definition) is 0. The molecule has 0 unspecified atom stereocenters. The van der Waals surface area contributed by atoms with Crippen LogP contribution in [0.2, 0.25) is 0 Å². The van der Waals surface area contributed by atoms with Crippen LogP contribution in [0.25, 0.3) is 11.0 Å². The van der Waals surface area contributed by atoms with Crippen LogP contribution in [-0.4, -0.2) is 15.0 Å². The van der Waals surface area contributed by atoms with E-state index < -0.39 is 10.1 Å². The fraction of sp³-hybridized carbons (Fsp3) is 0.167. The third-order valence-electron chi connectivity index (χ3n) is 3.66. The Morgan fingerprint density at radius 2 is 1.79 bits per heavy atom. The van der Waals surface area contributed by atoms with Crippen molar-refractivity contribution in [3.8, 4) is 0 Å². The van der Waals surface area contributed by atoms with Crippen molar-refractivity contribution in [3.63, 3.8) is 0 Å². The monoisotopic (exact) mass is 344 g/mol. The lowest BCUT2D eigenvalue weighted by Crippen LogP contribution is -2.09. The SMILES string of the molecule is Cc1ccc(S(=O)(=O)OCCc2ccc3occc(=O)c3c2)cc1. The molecule has 1 aromatic heterocycles. The summed E-state index contributed by atoms with van der Waals surface area (Å²) in [4.78, 5) is 11.9. The zero-order chi connectivity index (χ0) is 17.2. The smallest absolute Gasteiger partial charge is 0.296 e. The highest BCUT2D eigenvalue weighted by Crippen LogP contribution is 2.16. The van der Waals surface area contributed by atoms with Crippen LogP contribution in [0.3, 0.4) is 0 Å². The molecule has 24 heavy (non-hydrogen) atoms. The van der Waals surface area contributed by atoms with Gasteiger partial charge in [-0.15, -0.1) is 0 Å². The topological polar surface area (TPSA) is 73.6 Å². The van der Waals surface area contributed by atoms with E-state index in [-0.39, 0.29) is 16.9 Å². The summed E-state index contributed by atoms with van der Waals surface area (Å²) in [5, 5.41) is 0.469. The van der Waals surface area contributed by atoms with Crippen molar-refractivity contribution in [1.82, 2.24) is 0 Å². The molecular formula is C18H16O5S. The summed E-state index contributed by atoms with van der Waals surface area (Å²) in [5.74, 6) is 0. The highest BCUT2D eigenvalue weighted by molar-refractivity contribution is 7.86. The van der Waals surface area contributed by atoms with Crippen LogP contribution in [0.4, 0.5) is 0 Å². The summed E-state index contributed by atoms with van der Waals surface area (Å²) in [7, 11) is -3.78. The van der Waals surface area contributed by atoms with Gasteiger partial charge in [0.1, 0.15) is 5.58 Å². The molecule has 1 heterocycles. The van der Waals surface area contributed by atoms with Gasteiger partial charge in [0, 0.05) is 6.07 Å². The Kier molecular flexibility index (Phi) is 4.51. The Hall–Kier alpha value is -2.44. The molecule has 0 aliphatic heterocycles. The van der Waals surface area contributed by atoms with Crippen molar-refractivity contribution in [3.05, 3.63) is 76.1 Å². The second-order valence-corrected chi connectivity index (χ2v) is 7.07. The molecule has 0 aliphatic rings. The maximum absolute atomic E-state index is 12.1. The van der Waals surface area contributed by atoms with E-state index in [0.717, 1.165) is 11.1 Å².